The van der Waals surface area contributed by atoms with Crippen LogP contribution in [-0.2, 0) is 14.9 Å². The minimum Gasteiger partial charge on any atom is -0.508 e. The number of anilines is 1. The Bertz CT molecular complexity index is 1610. The van der Waals surface area contributed by atoms with Crippen molar-refractivity contribution in [3.05, 3.63) is 114 Å². The fraction of sp³-hybridized carbons (Fsp3) is 0.167. The number of aliphatic hydroxyl groups excluding tert-OH is 1. The number of nitrogens with zero attached hydrogens (tertiary/aromatic N) is 1. The zero-order valence-corrected chi connectivity index (χ0v) is 21.5. The van der Waals surface area contributed by atoms with Gasteiger partial charge < -0.3 is 15.1 Å². The van der Waals surface area contributed by atoms with Gasteiger partial charge in [0.25, 0.3) is 10.1 Å². The lowest BCUT2D eigenvalue weighted by molar-refractivity contribution is -0.131. The van der Waals surface area contributed by atoms with E-state index in [0.29, 0.717) is 29.7 Å². The highest BCUT2D eigenvalue weighted by Crippen LogP contribution is 2.49. The number of phenolic OH excluding ortho intramolecular Hbond substituents is 1. The van der Waals surface area contributed by atoms with Crippen molar-refractivity contribution in [2.24, 2.45) is 5.92 Å². The molecule has 0 aliphatic carbocycles. The summed E-state index contributed by atoms with van der Waals surface area (Å²) < 4.78 is 47.0. The van der Waals surface area contributed by atoms with Crippen LogP contribution in [0, 0.1) is 11.7 Å². The van der Waals surface area contributed by atoms with E-state index in [4.69, 9.17) is 0 Å². The van der Waals surface area contributed by atoms with E-state index in [9.17, 15) is 32.4 Å². The summed E-state index contributed by atoms with van der Waals surface area (Å²) in [7, 11) is -4.51. The third-order valence-electron chi connectivity index (χ3n) is 7.08. The highest BCUT2D eigenvalue weighted by molar-refractivity contribution is 7.86. The maximum atomic E-state index is 13.6. The first kappa shape index (κ1) is 26.6. The molecule has 3 atom stereocenters. The SMILES string of the molecule is O=C1[C@H](CC[C@H](O)c2ccccc2)[C@@H](c2ccc(-c3ccccc3S(=O)(=O)O)cc2O)N1c1ccc(F)cc1. The van der Waals surface area contributed by atoms with Crippen LogP contribution in [0.2, 0.25) is 0 Å². The molecule has 9 heteroatoms. The van der Waals surface area contributed by atoms with E-state index in [2.05, 4.69) is 0 Å². The van der Waals surface area contributed by atoms with Crippen molar-refractivity contribution in [1.82, 2.24) is 0 Å². The Balaban J connectivity index is 1.49. The molecule has 0 radical (unpaired) electrons. The van der Waals surface area contributed by atoms with Crippen molar-refractivity contribution >= 4 is 21.7 Å². The number of β-lactam (4-membered cyclic amide) rings is 1. The molecule has 0 aromatic heterocycles. The Kier molecular flexibility index (Phi) is 7.22. The van der Waals surface area contributed by atoms with Crippen LogP contribution in [0.3, 0.4) is 0 Å². The van der Waals surface area contributed by atoms with Crippen LogP contribution >= 0.6 is 0 Å². The van der Waals surface area contributed by atoms with Crippen molar-refractivity contribution < 1.29 is 32.4 Å². The predicted molar refractivity (Wildman–Crippen MR) is 144 cm³/mol. The molecule has 7 nitrogen and oxygen atoms in total. The van der Waals surface area contributed by atoms with Gasteiger partial charge in [0.15, 0.2) is 0 Å². The van der Waals surface area contributed by atoms with Gasteiger partial charge >= 0.3 is 0 Å². The van der Waals surface area contributed by atoms with E-state index >= 15 is 0 Å². The number of carbonyl (C=O) groups excluding carboxylic acids is 1. The van der Waals surface area contributed by atoms with Gasteiger partial charge in [-0.05, 0) is 60.4 Å². The van der Waals surface area contributed by atoms with E-state index in [0.717, 1.165) is 5.56 Å². The Morgan fingerprint density at radius 1 is 0.897 bits per heavy atom. The van der Waals surface area contributed by atoms with E-state index in [1.54, 1.807) is 18.2 Å². The third kappa shape index (κ3) is 5.29. The van der Waals surface area contributed by atoms with Crippen LogP contribution in [0.1, 0.15) is 36.1 Å². The van der Waals surface area contributed by atoms with Crippen molar-refractivity contribution in [2.45, 2.75) is 29.9 Å². The number of halogens is 1. The fourth-order valence-electron chi connectivity index (χ4n) is 5.15. The van der Waals surface area contributed by atoms with Gasteiger partial charge in [-0.25, -0.2) is 4.39 Å². The van der Waals surface area contributed by atoms with Gasteiger partial charge in [0.05, 0.1) is 18.1 Å². The minimum atomic E-state index is -4.51. The van der Waals surface area contributed by atoms with Crippen LogP contribution in [0.25, 0.3) is 11.1 Å². The van der Waals surface area contributed by atoms with Gasteiger partial charge in [0.1, 0.15) is 16.5 Å². The molecular formula is C30H26FNO6S. The van der Waals surface area contributed by atoms with Crippen LogP contribution in [-0.4, -0.2) is 29.1 Å². The Morgan fingerprint density at radius 3 is 2.23 bits per heavy atom. The van der Waals surface area contributed by atoms with Crippen LogP contribution in [0.4, 0.5) is 10.1 Å². The average Bonchev–Trinajstić information content (AvgIpc) is 2.93. The average molecular weight is 548 g/mol. The second-order valence-corrected chi connectivity index (χ2v) is 10.9. The van der Waals surface area contributed by atoms with Gasteiger partial charge in [-0.2, -0.15) is 8.42 Å². The highest BCUT2D eigenvalue weighted by Gasteiger charge is 2.49. The molecule has 1 amide bonds. The van der Waals surface area contributed by atoms with Crippen LogP contribution < -0.4 is 4.90 Å². The molecule has 0 spiro atoms. The number of rotatable bonds is 8. The van der Waals surface area contributed by atoms with Crippen molar-refractivity contribution in [1.29, 1.82) is 0 Å². The summed E-state index contributed by atoms with van der Waals surface area (Å²) in [5.41, 5.74) is 2.20. The summed E-state index contributed by atoms with van der Waals surface area (Å²) in [5.74, 6) is -1.39. The smallest absolute Gasteiger partial charge is 0.295 e. The van der Waals surface area contributed by atoms with Gasteiger partial charge in [-0.1, -0.05) is 60.7 Å². The molecule has 0 bridgehead atoms. The third-order valence-corrected chi connectivity index (χ3v) is 7.99. The first-order chi connectivity index (χ1) is 18.6. The number of hydrogen-bond donors (Lipinski definition) is 3. The lowest BCUT2D eigenvalue weighted by Crippen LogP contribution is -2.55. The minimum absolute atomic E-state index is 0.170. The zero-order valence-electron chi connectivity index (χ0n) is 20.7. The Labute approximate surface area is 225 Å². The summed E-state index contributed by atoms with van der Waals surface area (Å²) in [4.78, 5) is 14.5. The summed E-state index contributed by atoms with van der Waals surface area (Å²) in [6, 6.07) is 24.5. The number of aromatic hydroxyl groups is 1. The molecule has 1 heterocycles. The van der Waals surface area contributed by atoms with Crippen LogP contribution in [0.5, 0.6) is 5.75 Å². The van der Waals surface area contributed by atoms with Gasteiger partial charge in [0.2, 0.25) is 5.91 Å². The zero-order chi connectivity index (χ0) is 27.7. The normalized spacial score (nSPS) is 18.0. The van der Waals surface area contributed by atoms with E-state index in [1.165, 1.54) is 53.4 Å². The number of carbonyl (C=O) groups is 1. The molecular weight excluding hydrogens is 521 g/mol. The van der Waals surface area contributed by atoms with Gasteiger partial charge in [-0.15, -0.1) is 0 Å². The lowest BCUT2D eigenvalue weighted by atomic mass is 9.77. The van der Waals surface area contributed by atoms with Crippen molar-refractivity contribution in [2.75, 3.05) is 4.90 Å². The highest BCUT2D eigenvalue weighted by atomic mass is 32.2. The summed E-state index contributed by atoms with van der Waals surface area (Å²) in [5, 5.41) is 21.8. The second kappa shape index (κ2) is 10.6. The van der Waals surface area contributed by atoms with Gasteiger partial charge in [-0.3, -0.25) is 9.35 Å². The van der Waals surface area contributed by atoms with Gasteiger partial charge in [0, 0.05) is 16.8 Å². The first-order valence-electron chi connectivity index (χ1n) is 12.4. The number of aliphatic hydroxyl groups is 1. The van der Waals surface area contributed by atoms with Crippen LogP contribution in [0.15, 0.2) is 102 Å². The molecule has 1 fully saturated rings. The second-order valence-electron chi connectivity index (χ2n) is 9.48. The quantitative estimate of drug-likeness (QED) is 0.194. The maximum Gasteiger partial charge on any atom is 0.295 e. The largest absolute Gasteiger partial charge is 0.508 e. The molecule has 4 aromatic rings. The number of amides is 1. The predicted octanol–water partition coefficient (Wildman–Crippen LogP) is 5.66. The summed E-state index contributed by atoms with van der Waals surface area (Å²) >= 11 is 0. The topological polar surface area (TPSA) is 115 Å². The molecule has 4 aromatic carbocycles. The summed E-state index contributed by atoms with van der Waals surface area (Å²) in [6.45, 7) is 0. The molecule has 39 heavy (non-hydrogen) atoms. The fourth-order valence-corrected chi connectivity index (χ4v) is 5.86. The Morgan fingerprint density at radius 2 is 1.56 bits per heavy atom. The molecule has 200 valence electrons. The Hall–Kier alpha value is -4.05. The number of phenols is 1. The van der Waals surface area contributed by atoms with Crippen molar-refractivity contribution in [3.8, 4) is 16.9 Å². The maximum absolute atomic E-state index is 13.6. The summed E-state index contributed by atoms with van der Waals surface area (Å²) in [6.07, 6.45) is -0.119. The lowest BCUT2D eigenvalue weighted by Gasteiger charge is -2.48. The van der Waals surface area contributed by atoms with E-state index in [1.807, 2.05) is 30.3 Å². The monoisotopic (exact) mass is 547 g/mol. The molecule has 0 unspecified atom stereocenters. The molecule has 1 aliphatic rings. The molecule has 1 aliphatic heterocycles. The van der Waals surface area contributed by atoms with E-state index < -0.39 is 34.0 Å². The molecule has 1 saturated heterocycles. The molecule has 0 saturated carbocycles. The molecule has 5 rings (SSSR count). The van der Waals surface area contributed by atoms with Crippen molar-refractivity contribution in [3.63, 3.8) is 0 Å². The first-order valence-corrected chi connectivity index (χ1v) is 13.8. The standard InChI is InChI=1S/C30H26FNO6S/c31-21-11-13-22(14-12-21)32-29(25(30(32)35)16-17-26(33)19-6-2-1-3-7-19)24-15-10-20(18-27(24)34)23-8-4-5-9-28(23)39(36,37)38/h1-15,18,25-26,29,33-34H,16-17H2,(H,36,37,38)/t25-,26+,29-/m1/s1. The number of hydrogen-bond acceptors (Lipinski definition) is 5. The number of benzene rings is 4. The van der Waals surface area contributed by atoms with E-state index in [-0.39, 0.29) is 22.1 Å². The molecule has 3 N–H and O–H groups in total.